The van der Waals surface area contributed by atoms with Crippen molar-refractivity contribution in [3.05, 3.63) is 22.7 Å². The van der Waals surface area contributed by atoms with Crippen molar-refractivity contribution in [1.82, 2.24) is 5.32 Å². The van der Waals surface area contributed by atoms with Crippen LogP contribution in [0.4, 0.5) is 4.79 Å². The average molecular weight is 331 g/mol. The van der Waals surface area contributed by atoms with Crippen molar-refractivity contribution in [2.75, 3.05) is 14.2 Å². The van der Waals surface area contributed by atoms with Gasteiger partial charge in [0, 0.05) is 0 Å². The summed E-state index contributed by atoms with van der Waals surface area (Å²) in [5, 5.41) is 1.95. The Labute approximate surface area is 131 Å². The molecule has 0 radical (unpaired) electrons. The number of ether oxygens (including phenoxy) is 3. The van der Waals surface area contributed by atoms with Gasteiger partial charge in [-0.25, -0.2) is 9.59 Å². The van der Waals surface area contributed by atoms with Crippen molar-refractivity contribution in [3.8, 4) is 11.5 Å². The Morgan fingerprint density at radius 2 is 1.86 bits per heavy atom. The zero-order chi connectivity index (χ0) is 16.9. The van der Waals surface area contributed by atoms with Gasteiger partial charge in [0.2, 0.25) is 0 Å². The van der Waals surface area contributed by atoms with Crippen LogP contribution in [0.5, 0.6) is 11.5 Å². The summed E-state index contributed by atoms with van der Waals surface area (Å²) in [4.78, 5) is 34.0. The van der Waals surface area contributed by atoms with Crippen molar-refractivity contribution in [2.45, 2.75) is 13.0 Å². The van der Waals surface area contributed by atoms with E-state index in [0.717, 1.165) is 0 Å². The van der Waals surface area contributed by atoms with Crippen LogP contribution in [0.1, 0.15) is 17.3 Å². The maximum Gasteiger partial charge on any atom is 0.339 e. The number of halogens is 1. The molecule has 1 atom stereocenters. The normalized spacial score (nSPS) is 11.3. The van der Waals surface area contributed by atoms with E-state index in [1.807, 2.05) is 0 Å². The number of hydrogen-bond acceptors (Lipinski definition) is 6. The van der Waals surface area contributed by atoms with Gasteiger partial charge in [0.15, 0.2) is 17.6 Å². The molecule has 0 saturated heterocycles. The Morgan fingerprint density at radius 1 is 1.23 bits per heavy atom. The van der Waals surface area contributed by atoms with E-state index in [1.54, 1.807) is 5.32 Å². The fourth-order valence-electron chi connectivity index (χ4n) is 1.54. The predicted molar refractivity (Wildman–Crippen MR) is 77.2 cm³/mol. The van der Waals surface area contributed by atoms with Crippen LogP contribution in [-0.4, -0.2) is 38.2 Å². The highest BCUT2D eigenvalue weighted by Crippen LogP contribution is 2.36. The minimum atomic E-state index is -1.22. The minimum absolute atomic E-state index is 0.0568. The molecular formula is C13H15ClN2O6. The zero-order valence-electron chi connectivity index (χ0n) is 12.1. The molecule has 8 nitrogen and oxygen atoms in total. The van der Waals surface area contributed by atoms with E-state index < -0.39 is 24.0 Å². The Balaban J connectivity index is 2.92. The summed E-state index contributed by atoms with van der Waals surface area (Å²) in [5.41, 5.74) is 4.86. The molecule has 0 bridgehead atoms. The minimum Gasteiger partial charge on any atom is -0.493 e. The largest absolute Gasteiger partial charge is 0.493 e. The summed E-state index contributed by atoms with van der Waals surface area (Å²) < 4.78 is 15.0. The lowest BCUT2D eigenvalue weighted by molar-refractivity contribution is -0.127. The second-order valence-corrected chi connectivity index (χ2v) is 4.50. The van der Waals surface area contributed by atoms with Crippen LogP contribution < -0.4 is 20.5 Å². The van der Waals surface area contributed by atoms with Gasteiger partial charge < -0.3 is 19.9 Å². The summed E-state index contributed by atoms with van der Waals surface area (Å²) in [5.74, 6) is -1.17. The van der Waals surface area contributed by atoms with Crippen molar-refractivity contribution >= 4 is 29.5 Å². The van der Waals surface area contributed by atoms with Crippen LogP contribution in [0.25, 0.3) is 0 Å². The topological polar surface area (TPSA) is 117 Å². The average Bonchev–Trinajstić information content (AvgIpc) is 2.45. The first-order chi connectivity index (χ1) is 10.3. The molecule has 0 spiro atoms. The standard InChI is InChI=1S/C13H15ClN2O6/c1-6(11(17)16-13(15)19)22-12(18)7-4-8(14)10(21-3)9(5-7)20-2/h4-6H,1-3H3,(H3,15,16,17,19). The van der Waals surface area contributed by atoms with Gasteiger partial charge in [-0.1, -0.05) is 11.6 Å². The number of carbonyl (C=O) groups is 3. The molecule has 1 aromatic rings. The summed E-state index contributed by atoms with van der Waals surface area (Å²) in [7, 11) is 2.78. The lowest BCUT2D eigenvalue weighted by atomic mass is 10.2. The molecule has 3 amide bonds. The SMILES string of the molecule is COc1cc(C(=O)OC(C)C(=O)NC(N)=O)cc(Cl)c1OC. The third-order valence-corrected chi connectivity index (χ3v) is 2.85. The van der Waals surface area contributed by atoms with Gasteiger partial charge in [0.1, 0.15) is 0 Å². The van der Waals surface area contributed by atoms with E-state index in [0.29, 0.717) is 0 Å². The summed E-state index contributed by atoms with van der Waals surface area (Å²) in [6.07, 6.45) is -1.22. The van der Waals surface area contributed by atoms with Crippen LogP contribution in [0.3, 0.4) is 0 Å². The van der Waals surface area contributed by atoms with Gasteiger partial charge in [-0.15, -0.1) is 0 Å². The van der Waals surface area contributed by atoms with Gasteiger partial charge in [0.25, 0.3) is 5.91 Å². The molecule has 22 heavy (non-hydrogen) atoms. The number of urea groups is 1. The van der Waals surface area contributed by atoms with Gasteiger partial charge in [-0.2, -0.15) is 0 Å². The fourth-order valence-corrected chi connectivity index (χ4v) is 1.83. The van der Waals surface area contributed by atoms with Gasteiger partial charge in [-0.3, -0.25) is 10.1 Å². The molecule has 0 aliphatic carbocycles. The second kappa shape index (κ2) is 7.51. The molecule has 3 N–H and O–H groups in total. The Bertz CT molecular complexity index is 604. The molecule has 120 valence electrons. The van der Waals surface area contributed by atoms with Crippen LogP contribution >= 0.6 is 11.6 Å². The lowest BCUT2D eigenvalue weighted by Crippen LogP contribution is -2.42. The van der Waals surface area contributed by atoms with Crippen molar-refractivity contribution in [3.63, 3.8) is 0 Å². The Kier molecular flexibility index (Phi) is 6.00. The smallest absolute Gasteiger partial charge is 0.339 e. The van der Waals surface area contributed by atoms with Gasteiger partial charge in [-0.05, 0) is 19.1 Å². The summed E-state index contributed by atoms with van der Waals surface area (Å²) in [6.45, 7) is 1.29. The highest BCUT2D eigenvalue weighted by molar-refractivity contribution is 6.32. The molecule has 0 heterocycles. The number of carbonyl (C=O) groups excluding carboxylic acids is 3. The highest BCUT2D eigenvalue weighted by Gasteiger charge is 2.22. The van der Waals surface area contributed by atoms with Crippen molar-refractivity contribution < 1.29 is 28.6 Å². The molecule has 0 saturated carbocycles. The van der Waals surface area contributed by atoms with Crippen LogP contribution in [0, 0.1) is 0 Å². The number of hydrogen-bond donors (Lipinski definition) is 2. The molecule has 0 aliphatic rings. The van der Waals surface area contributed by atoms with E-state index in [-0.39, 0.29) is 22.1 Å². The Morgan fingerprint density at radius 3 is 2.36 bits per heavy atom. The second-order valence-electron chi connectivity index (χ2n) is 4.09. The van der Waals surface area contributed by atoms with E-state index >= 15 is 0 Å². The fraction of sp³-hybridized carbons (Fsp3) is 0.308. The third-order valence-electron chi connectivity index (χ3n) is 2.57. The molecule has 0 fully saturated rings. The molecule has 0 aliphatic heterocycles. The molecule has 0 aromatic heterocycles. The van der Waals surface area contributed by atoms with Gasteiger partial charge in [0.05, 0.1) is 24.8 Å². The number of amides is 3. The monoisotopic (exact) mass is 330 g/mol. The first kappa shape index (κ1) is 17.6. The first-order valence-corrected chi connectivity index (χ1v) is 6.40. The lowest BCUT2D eigenvalue weighted by Gasteiger charge is -2.14. The number of nitrogens with two attached hydrogens (primary N) is 1. The maximum absolute atomic E-state index is 12.0. The van der Waals surface area contributed by atoms with Gasteiger partial charge >= 0.3 is 12.0 Å². The van der Waals surface area contributed by atoms with Crippen LogP contribution in [0.2, 0.25) is 5.02 Å². The Hall–Kier alpha value is -2.48. The molecule has 1 aromatic carbocycles. The number of rotatable bonds is 5. The quantitative estimate of drug-likeness (QED) is 0.781. The van der Waals surface area contributed by atoms with E-state index in [9.17, 15) is 14.4 Å². The number of esters is 1. The highest BCUT2D eigenvalue weighted by atomic mass is 35.5. The number of imide groups is 1. The first-order valence-electron chi connectivity index (χ1n) is 6.03. The zero-order valence-corrected chi connectivity index (χ0v) is 12.9. The summed E-state index contributed by atoms with van der Waals surface area (Å²) >= 11 is 5.97. The molecule has 1 rings (SSSR count). The number of methoxy groups -OCH3 is 2. The molecule has 9 heteroatoms. The van der Waals surface area contributed by atoms with E-state index in [1.165, 1.54) is 33.3 Å². The number of nitrogens with one attached hydrogen (secondary N) is 1. The molecular weight excluding hydrogens is 316 g/mol. The molecule has 1 unspecified atom stereocenters. The number of primary amides is 1. The maximum atomic E-state index is 12.0. The van der Waals surface area contributed by atoms with Crippen molar-refractivity contribution in [2.24, 2.45) is 5.73 Å². The third kappa shape index (κ3) is 4.26. The number of benzene rings is 1. The predicted octanol–water partition coefficient (Wildman–Crippen LogP) is 1.10. The van der Waals surface area contributed by atoms with Crippen LogP contribution in [0.15, 0.2) is 12.1 Å². The van der Waals surface area contributed by atoms with E-state index in [4.69, 9.17) is 31.5 Å². The van der Waals surface area contributed by atoms with Crippen molar-refractivity contribution in [1.29, 1.82) is 0 Å². The van der Waals surface area contributed by atoms with Crippen LogP contribution in [-0.2, 0) is 9.53 Å². The van der Waals surface area contributed by atoms with E-state index in [2.05, 4.69) is 0 Å². The summed E-state index contributed by atoms with van der Waals surface area (Å²) in [6, 6.07) is 1.62.